The van der Waals surface area contributed by atoms with Crippen molar-refractivity contribution < 1.29 is 14.6 Å². The van der Waals surface area contributed by atoms with Crippen LogP contribution in [0.2, 0.25) is 0 Å². The van der Waals surface area contributed by atoms with E-state index in [0.717, 1.165) is 30.9 Å². The van der Waals surface area contributed by atoms with Gasteiger partial charge in [-0.25, -0.2) is 4.98 Å². The van der Waals surface area contributed by atoms with Gasteiger partial charge in [0.2, 0.25) is 0 Å². The molecule has 17 heavy (non-hydrogen) atoms. The maximum atomic E-state index is 10.7. The summed E-state index contributed by atoms with van der Waals surface area (Å²) < 4.78 is 5.62. The first-order valence-electron chi connectivity index (χ1n) is 5.71. The highest BCUT2D eigenvalue weighted by Crippen LogP contribution is 2.21. The highest BCUT2D eigenvalue weighted by molar-refractivity contribution is 7.09. The average molecular weight is 256 g/mol. The molecule has 0 bridgehead atoms. The monoisotopic (exact) mass is 256 g/mol. The molecule has 1 fully saturated rings. The van der Waals surface area contributed by atoms with E-state index in [2.05, 4.69) is 4.98 Å². The molecule has 0 spiro atoms. The Morgan fingerprint density at radius 1 is 1.71 bits per heavy atom. The number of aliphatic carboxylic acids is 1. The third-order valence-electron chi connectivity index (χ3n) is 2.83. The molecule has 6 heteroatoms. The van der Waals surface area contributed by atoms with Gasteiger partial charge in [0.05, 0.1) is 16.8 Å². The molecule has 0 aliphatic carbocycles. The topological polar surface area (TPSA) is 85.4 Å². The van der Waals surface area contributed by atoms with Crippen LogP contribution < -0.4 is 5.73 Å². The summed E-state index contributed by atoms with van der Waals surface area (Å²) in [6, 6.07) is -1.02. The lowest BCUT2D eigenvalue weighted by Crippen LogP contribution is -2.22. The van der Waals surface area contributed by atoms with Crippen LogP contribution in [-0.4, -0.2) is 28.8 Å². The molecule has 5 nitrogen and oxygen atoms in total. The fraction of sp³-hybridized carbons (Fsp3) is 0.636. The van der Waals surface area contributed by atoms with Gasteiger partial charge in [0.1, 0.15) is 6.04 Å². The molecular formula is C11H16N2O3S. The number of hydrogen-bond donors (Lipinski definition) is 2. The first-order valence-corrected chi connectivity index (χ1v) is 6.59. The lowest BCUT2D eigenvalue weighted by atomic mass is 10.1. The highest BCUT2D eigenvalue weighted by atomic mass is 32.1. The van der Waals surface area contributed by atoms with Crippen molar-refractivity contribution in [2.45, 2.75) is 37.8 Å². The Morgan fingerprint density at radius 2 is 2.53 bits per heavy atom. The fourth-order valence-corrected chi connectivity index (χ4v) is 2.75. The van der Waals surface area contributed by atoms with E-state index in [1.54, 1.807) is 5.38 Å². The summed E-state index contributed by atoms with van der Waals surface area (Å²) >= 11 is 1.45. The second-order valence-corrected chi connectivity index (χ2v) is 5.12. The zero-order valence-electron chi connectivity index (χ0n) is 9.46. The number of hydrogen-bond acceptors (Lipinski definition) is 5. The van der Waals surface area contributed by atoms with Crippen LogP contribution in [0.25, 0.3) is 0 Å². The number of carbonyl (C=O) groups is 1. The smallest absolute Gasteiger partial charge is 0.326 e. The van der Waals surface area contributed by atoms with E-state index in [1.165, 1.54) is 17.8 Å². The van der Waals surface area contributed by atoms with Crippen LogP contribution in [-0.2, 0) is 16.0 Å². The Kier molecular flexibility index (Phi) is 4.09. The highest BCUT2D eigenvalue weighted by Gasteiger charge is 2.20. The largest absolute Gasteiger partial charge is 0.480 e. The van der Waals surface area contributed by atoms with E-state index in [-0.39, 0.29) is 6.10 Å². The van der Waals surface area contributed by atoms with Gasteiger partial charge in [-0.15, -0.1) is 11.3 Å². The number of nitrogens with two attached hydrogens (primary N) is 1. The predicted molar refractivity (Wildman–Crippen MR) is 64.0 cm³/mol. The second-order valence-electron chi connectivity index (χ2n) is 4.17. The Morgan fingerprint density at radius 3 is 3.18 bits per heavy atom. The minimum atomic E-state index is -1.05. The van der Waals surface area contributed by atoms with Gasteiger partial charge < -0.3 is 15.6 Å². The number of rotatable bonds is 4. The Labute approximate surface area is 104 Å². The summed E-state index contributed by atoms with van der Waals surface area (Å²) in [4.78, 5) is 15.0. The zero-order valence-corrected chi connectivity index (χ0v) is 10.3. The van der Waals surface area contributed by atoms with E-state index in [0.29, 0.717) is 5.69 Å². The summed E-state index contributed by atoms with van der Waals surface area (Å²) in [5.41, 5.74) is 5.94. The van der Waals surface area contributed by atoms with Crippen LogP contribution in [0.5, 0.6) is 0 Å². The fourth-order valence-electron chi connectivity index (χ4n) is 1.85. The van der Waals surface area contributed by atoms with E-state index < -0.39 is 12.0 Å². The Bertz CT molecular complexity index is 388. The molecule has 94 valence electrons. The van der Waals surface area contributed by atoms with Gasteiger partial charge in [-0.05, 0) is 19.3 Å². The van der Waals surface area contributed by atoms with Crippen molar-refractivity contribution in [3.8, 4) is 0 Å². The molecule has 1 saturated heterocycles. The summed E-state index contributed by atoms with van der Waals surface area (Å²) in [6.07, 6.45) is 4.36. The minimum absolute atomic E-state index is 0.226. The molecule has 3 N–H and O–H groups in total. The Hall–Kier alpha value is -0.980. The molecule has 1 aliphatic heterocycles. The van der Waals surface area contributed by atoms with Crippen molar-refractivity contribution in [3.05, 3.63) is 16.1 Å². The van der Waals surface area contributed by atoms with Crippen molar-refractivity contribution in [1.82, 2.24) is 4.98 Å². The van der Waals surface area contributed by atoms with Crippen LogP contribution in [0.4, 0.5) is 0 Å². The standard InChI is InChI=1S/C11H16N2O3S/c12-10(11(14)15)8-6-17-9(13-8)5-7-3-1-2-4-16-7/h6-7,10H,1-5,12H2,(H,14,15). The lowest BCUT2D eigenvalue weighted by molar-refractivity contribution is -0.138. The van der Waals surface area contributed by atoms with Gasteiger partial charge in [0.25, 0.3) is 0 Å². The molecule has 0 saturated carbocycles. The molecule has 1 aromatic rings. The molecule has 1 aliphatic rings. The first-order chi connectivity index (χ1) is 8.16. The maximum Gasteiger partial charge on any atom is 0.326 e. The van der Waals surface area contributed by atoms with Crippen LogP contribution in [0, 0.1) is 0 Å². The third-order valence-corrected chi connectivity index (χ3v) is 3.72. The van der Waals surface area contributed by atoms with Gasteiger partial charge in [-0.2, -0.15) is 0 Å². The van der Waals surface area contributed by atoms with E-state index in [1.807, 2.05) is 0 Å². The van der Waals surface area contributed by atoms with Crippen molar-refractivity contribution in [2.75, 3.05) is 6.61 Å². The number of carboxylic acid groups (broad SMARTS) is 1. The van der Waals surface area contributed by atoms with Gasteiger partial charge in [0, 0.05) is 18.4 Å². The summed E-state index contributed by atoms with van der Waals surface area (Å²) in [7, 11) is 0. The SMILES string of the molecule is NC(C(=O)O)c1csc(CC2CCCCO2)n1. The molecule has 2 unspecified atom stereocenters. The van der Waals surface area contributed by atoms with Crippen LogP contribution in [0.1, 0.15) is 36.0 Å². The zero-order chi connectivity index (χ0) is 12.3. The molecule has 2 atom stereocenters. The van der Waals surface area contributed by atoms with Crippen molar-refractivity contribution in [3.63, 3.8) is 0 Å². The number of nitrogens with zero attached hydrogens (tertiary/aromatic N) is 1. The predicted octanol–water partition coefficient (Wildman–Crippen LogP) is 1.34. The summed E-state index contributed by atoms with van der Waals surface area (Å²) in [5.74, 6) is -1.05. The van der Waals surface area contributed by atoms with Crippen LogP contribution >= 0.6 is 11.3 Å². The molecule has 1 aromatic heterocycles. The van der Waals surface area contributed by atoms with Gasteiger partial charge in [0.15, 0.2) is 0 Å². The van der Waals surface area contributed by atoms with Gasteiger partial charge >= 0.3 is 5.97 Å². The number of carboxylic acids is 1. The lowest BCUT2D eigenvalue weighted by Gasteiger charge is -2.21. The molecular weight excluding hydrogens is 240 g/mol. The van der Waals surface area contributed by atoms with Crippen molar-refractivity contribution in [1.29, 1.82) is 0 Å². The summed E-state index contributed by atoms with van der Waals surface area (Å²) in [6.45, 7) is 0.817. The molecule has 0 aromatic carbocycles. The number of aromatic nitrogens is 1. The van der Waals surface area contributed by atoms with Crippen molar-refractivity contribution >= 4 is 17.3 Å². The first kappa shape index (κ1) is 12.5. The number of thiazole rings is 1. The number of ether oxygens (including phenoxy) is 1. The van der Waals surface area contributed by atoms with E-state index >= 15 is 0 Å². The van der Waals surface area contributed by atoms with E-state index in [4.69, 9.17) is 15.6 Å². The van der Waals surface area contributed by atoms with Crippen LogP contribution in [0.3, 0.4) is 0 Å². The summed E-state index contributed by atoms with van der Waals surface area (Å²) in [5, 5.41) is 11.4. The second kappa shape index (κ2) is 5.57. The molecule has 2 heterocycles. The van der Waals surface area contributed by atoms with Gasteiger partial charge in [-0.3, -0.25) is 4.79 Å². The van der Waals surface area contributed by atoms with Crippen LogP contribution in [0.15, 0.2) is 5.38 Å². The normalized spacial score (nSPS) is 22.3. The molecule has 0 amide bonds. The third kappa shape index (κ3) is 3.24. The minimum Gasteiger partial charge on any atom is -0.480 e. The molecule has 2 rings (SSSR count). The average Bonchev–Trinajstić information content (AvgIpc) is 2.77. The maximum absolute atomic E-state index is 10.7. The quantitative estimate of drug-likeness (QED) is 0.849. The molecule has 0 radical (unpaired) electrons. The van der Waals surface area contributed by atoms with Gasteiger partial charge in [-0.1, -0.05) is 0 Å². The van der Waals surface area contributed by atoms with E-state index in [9.17, 15) is 4.79 Å². The van der Waals surface area contributed by atoms with Crippen molar-refractivity contribution in [2.24, 2.45) is 5.73 Å². The Balaban J connectivity index is 1.95.